The average molecular weight is 394 g/mol. The van der Waals surface area contributed by atoms with Gasteiger partial charge in [-0.2, -0.15) is 18.3 Å². The first-order valence-electron chi connectivity index (χ1n) is 9.51. The summed E-state index contributed by atoms with van der Waals surface area (Å²) in [5, 5.41) is 10.2. The molecule has 8 heteroatoms. The molecule has 1 aromatic heterocycles. The Morgan fingerprint density at radius 1 is 1.21 bits per heavy atom. The zero-order valence-corrected chi connectivity index (χ0v) is 16.1. The molecule has 1 saturated carbocycles. The number of urea groups is 1. The summed E-state index contributed by atoms with van der Waals surface area (Å²) < 4.78 is 40.4. The first-order valence-corrected chi connectivity index (χ1v) is 9.51. The maximum Gasteiger partial charge on any atom is 0.416 e. The van der Waals surface area contributed by atoms with Crippen molar-refractivity contribution in [1.82, 2.24) is 15.1 Å². The monoisotopic (exact) mass is 394 g/mol. The van der Waals surface area contributed by atoms with Gasteiger partial charge in [-0.25, -0.2) is 4.79 Å². The number of hydrogen-bond acceptors (Lipinski definition) is 2. The van der Waals surface area contributed by atoms with Crippen molar-refractivity contribution in [3.05, 3.63) is 46.8 Å². The minimum absolute atomic E-state index is 0.189. The molecule has 0 atom stereocenters. The van der Waals surface area contributed by atoms with E-state index in [4.69, 9.17) is 0 Å². The molecule has 0 saturated heterocycles. The Labute approximate surface area is 162 Å². The van der Waals surface area contributed by atoms with Crippen LogP contribution in [0.4, 0.5) is 23.7 Å². The van der Waals surface area contributed by atoms with E-state index in [2.05, 4.69) is 15.7 Å². The number of rotatable bonds is 4. The molecule has 152 valence electrons. The van der Waals surface area contributed by atoms with Gasteiger partial charge in [0.2, 0.25) is 0 Å². The van der Waals surface area contributed by atoms with Crippen molar-refractivity contribution in [2.45, 2.75) is 64.7 Å². The second-order valence-corrected chi connectivity index (χ2v) is 7.34. The molecule has 2 amide bonds. The molecular formula is C20H25F3N4O. The molecule has 28 heavy (non-hydrogen) atoms. The third-order valence-electron chi connectivity index (χ3n) is 5.15. The summed E-state index contributed by atoms with van der Waals surface area (Å²) in [4.78, 5) is 12.3. The molecule has 1 fully saturated rings. The quantitative estimate of drug-likeness (QED) is 0.765. The Kier molecular flexibility index (Phi) is 5.96. The van der Waals surface area contributed by atoms with E-state index in [0.717, 1.165) is 37.8 Å². The van der Waals surface area contributed by atoms with Gasteiger partial charge in [-0.3, -0.25) is 4.68 Å². The lowest BCUT2D eigenvalue weighted by atomic mass is 9.96. The zero-order valence-electron chi connectivity index (χ0n) is 16.1. The Morgan fingerprint density at radius 2 is 1.93 bits per heavy atom. The van der Waals surface area contributed by atoms with Gasteiger partial charge in [0, 0.05) is 6.04 Å². The molecule has 3 rings (SSSR count). The van der Waals surface area contributed by atoms with Crippen LogP contribution in [0.1, 0.15) is 54.6 Å². The molecule has 0 spiro atoms. The second kappa shape index (κ2) is 8.24. The standard InChI is InChI=1S/C20H25F3N4O/c1-13-18(25-19(28)24-17-9-4-3-5-10-17)14(2)27(26-13)12-15-7-6-8-16(11-15)20(21,22)23/h6-8,11,17H,3-5,9-10,12H2,1-2H3,(H2,24,25,28). The molecule has 2 N–H and O–H groups in total. The first-order chi connectivity index (χ1) is 13.2. The minimum Gasteiger partial charge on any atom is -0.335 e. The third kappa shape index (κ3) is 4.85. The van der Waals surface area contributed by atoms with Crippen molar-refractivity contribution in [1.29, 1.82) is 0 Å². The lowest BCUT2D eigenvalue weighted by molar-refractivity contribution is -0.137. The Hall–Kier alpha value is -2.51. The highest BCUT2D eigenvalue weighted by Crippen LogP contribution is 2.30. The molecule has 0 aliphatic heterocycles. The predicted molar refractivity (Wildman–Crippen MR) is 101 cm³/mol. The van der Waals surface area contributed by atoms with Gasteiger partial charge >= 0.3 is 12.2 Å². The van der Waals surface area contributed by atoms with Crippen LogP contribution in [0.15, 0.2) is 24.3 Å². The number of carbonyl (C=O) groups is 1. The number of alkyl halides is 3. The van der Waals surface area contributed by atoms with E-state index < -0.39 is 11.7 Å². The van der Waals surface area contributed by atoms with Gasteiger partial charge in [-0.15, -0.1) is 0 Å². The van der Waals surface area contributed by atoms with Gasteiger partial charge in [0.15, 0.2) is 0 Å². The number of carbonyl (C=O) groups excluding carboxylic acids is 1. The van der Waals surface area contributed by atoms with E-state index in [1.54, 1.807) is 24.6 Å². The van der Waals surface area contributed by atoms with E-state index in [9.17, 15) is 18.0 Å². The van der Waals surface area contributed by atoms with Crippen LogP contribution in [0.2, 0.25) is 0 Å². The molecule has 1 aromatic carbocycles. The van der Waals surface area contributed by atoms with E-state index in [-0.39, 0.29) is 18.6 Å². The zero-order chi connectivity index (χ0) is 20.3. The molecule has 0 radical (unpaired) electrons. The van der Waals surface area contributed by atoms with Crippen LogP contribution < -0.4 is 10.6 Å². The van der Waals surface area contributed by atoms with Gasteiger partial charge in [0.1, 0.15) is 0 Å². The maximum absolute atomic E-state index is 12.9. The topological polar surface area (TPSA) is 59.0 Å². The van der Waals surface area contributed by atoms with E-state index in [0.29, 0.717) is 22.6 Å². The number of aryl methyl sites for hydroxylation is 1. The van der Waals surface area contributed by atoms with Gasteiger partial charge in [-0.1, -0.05) is 31.4 Å². The summed E-state index contributed by atoms with van der Waals surface area (Å²) in [5.74, 6) is 0. The van der Waals surface area contributed by atoms with Crippen LogP contribution >= 0.6 is 0 Å². The highest BCUT2D eigenvalue weighted by Gasteiger charge is 2.30. The summed E-state index contributed by atoms with van der Waals surface area (Å²) in [6.07, 6.45) is 1.05. The molecule has 5 nitrogen and oxygen atoms in total. The summed E-state index contributed by atoms with van der Waals surface area (Å²) >= 11 is 0. The van der Waals surface area contributed by atoms with E-state index >= 15 is 0 Å². The largest absolute Gasteiger partial charge is 0.416 e. The normalized spacial score (nSPS) is 15.5. The molecule has 1 aliphatic carbocycles. The van der Waals surface area contributed by atoms with Gasteiger partial charge in [-0.05, 0) is 44.4 Å². The van der Waals surface area contributed by atoms with Gasteiger partial charge < -0.3 is 10.6 Å². The number of nitrogens with zero attached hydrogens (tertiary/aromatic N) is 2. The lowest BCUT2D eigenvalue weighted by Gasteiger charge is -2.22. The van der Waals surface area contributed by atoms with Crippen molar-refractivity contribution in [2.24, 2.45) is 0 Å². The smallest absolute Gasteiger partial charge is 0.335 e. The SMILES string of the molecule is Cc1nn(Cc2cccc(C(F)(F)F)c2)c(C)c1NC(=O)NC1CCCCC1. The predicted octanol–water partition coefficient (Wildman–Crippen LogP) is 5.02. The molecule has 1 heterocycles. The summed E-state index contributed by atoms with van der Waals surface area (Å²) in [5.41, 5.74) is 1.74. The highest BCUT2D eigenvalue weighted by atomic mass is 19.4. The number of hydrogen-bond donors (Lipinski definition) is 2. The number of nitrogens with one attached hydrogen (secondary N) is 2. The summed E-state index contributed by atoms with van der Waals surface area (Å²) in [7, 11) is 0. The Bertz CT molecular complexity index is 838. The number of amides is 2. The summed E-state index contributed by atoms with van der Waals surface area (Å²) in [6.45, 7) is 3.76. The van der Waals surface area contributed by atoms with Gasteiger partial charge in [0.25, 0.3) is 0 Å². The average Bonchev–Trinajstić information content (AvgIpc) is 2.89. The second-order valence-electron chi connectivity index (χ2n) is 7.34. The fraction of sp³-hybridized carbons (Fsp3) is 0.500. The van der Waals surface area contributed by atoms with E-state index in [1.807, 2.05) is 0 Å². The number of anilines is 1. The van der Waals surface area contributed by atoms with Crippen LogP contribution in [0, 0.1) is 13.8 Å². The van der Waals surface area contributed by atoms with Crippen molar-refractivity contribution >= 4 is 11.7 Å². The van der Waals surface area contributed by atoms with Crippen molar-refractivity contribution in [3.8, 4) is 0 Å². The molecule has 0 bridgehead atoms. The Morgan fingerprint density at radius 3 is 2.61 bits per heavy atom. The fourth-order valence-electron chi connectivity index (χ4n) is 3.63. The molecule has 0 unspecified atom stereocenters. The van der Waals surface area contributed by atoms with Crippen LogP contribution in [-0.2, 0) is 12.7 Å². The number of halogens is 3. The third-order valence-corrected chi connectivity index (χ3v) is 5.15. The highest BCUT2D eigenvalue weighted by molar-refractivity contribution is 5.90. The lowest BCUT2D eigenvalue weighted by Crippen LogP contribution is -2.39. The number of aromatic nitrogens is 2. The van der Waals surface area contributed by atoms with Crippen LogP contribution in [0.25, 0.3) is 0 Å². The van der Waals surface area contributed by atoms with Crippen LogP contribution in [-0.4, -0.2) is 21.9 Å². The van der Waals surface area contributed by atoms with Crippen molar-refractivity contribution < 1.29 is 18.0 Å². The Balaban J connectivity index is 1.70. The minimum atomic E-state index is -4.38. The molecule has 2 aromatic rings. The van der Waals surface area contributed by atoms with Gasteiger partial charge in [0.05, 0.1) is 29.2 Å². The van der Waals surface area contributed by atoms with Crippen molar-refractivity contribution in [2.75, 3.05) is 5.32 Å². The first kappa shape index (κ1) is 20.2. The van der Waals surface area contributed by atoms with E-state index in [1.165, 1.54) is 12.5 Å². The maximum atomic E-state index is 12.9. The van der Waals surface area contributed by atoms with Crippen LogP contribution in [0.3, 0.4) is 0 Å². The summed E-state index contributed by atoms with van der Waals surface area (Å²) in [6, 6.07) is 5.12. The molecular weight excluding hydrogens is 369 g/mol. The fourth-order valence-corrected chi connectivity index (χ4v) is 3.63. The number of benzene rings is 1. The molecule has 1 aliphatic rings. The van der Waals surface area contributed by atoms with Crippen LogP contribution in [0.5, 0.6) is 0 Å². The van der Waals surface area contributed by atoms with Crippen molar-refractivity contribution in [3.63, 3.8) is 0 Å².